The van der Waals surface area contributed by atoms with Gasteiger partial charge in [-0.25, -0.2) is 0 Å². The van der Waals surface area contributed by atoms with Gasteiger partial charge in [-0.1, -0.05) is 13.3 Å². The number of rotatable bonds is 6. The molecule has 0 aliphatic carbocycles. The van der Waals surface area contributed by atoms with Crippen molar-refractivity contribution in [3.8, 4) is 0 Å². The van der Waals surface area contributed by atoms with E-state index in [1.807, 2.05) is 6.92 Å². The second kappa shape index (κ2) is 6.16. The van der Waals surface area contributed by atoms with Gasteiger partial charge < -0.3 is 10.2 Å². The lowest BCUT2D eigenvalue weighted by atomic mass is 10.1. The van der Waals surface area contributed by atoms with Crippen LogP contribution in [0.2, 0.25) is 0 Å². The van der Waals surface area contributed by atoms with Crippen LogP contribution in [0.5, 0.6) is 0 Å². The minimum atomic E-state index is -0.784. The molecular weight excluding hydrogens is 144 g/mol. The monoisotopic (exact) mass is 160 g/mol. The molecule has 0 unspecified atom stereocenters. The van der Waals surface area contributed by atoms with Gasteiger partial charge in [-0.2, -0.15) is 0 Å². The lowest BCUT2D eigenvalue weighted by Gasteiger charge is -2.06. The van der Waals surface area contributed by atoms with Crippen molar-refractivity contribution in [1.82, 2.24) is 0 Å². The molecule has 0 bridgehead atoms. The Labute approximate surface area is 67.0 Å². The Balaban J connectivity index is 3.16. The standard InChI is InChI=1S/C8H16O3/c1-2-4-7(9)5-3-6-8(10)11/h7,9H,2-6H2,1H3,(H,10,11)/t7-/m1/s1. The summed E-state index contributed by atoms with van der Waals surface area (Å²) in [6.07, 6.45) is 2.78. The van der Waals surface area contributed by atoms with Gasteiger partial charge in [-0.15, -0.1) is 0 Å². The Hall–Kier alpha value is -0.570. The zero-order chi connectivity index (χ0) is 8.69. The van der Waals surface area contributed by atoms with Gasteiger partial charge in [0.25, 0.3) is 0 Å². The van der Waals surface area contributed by atoms with E-state index in [0.29, 0.717) is 12.8 Å². The zero-order valence-corrected chi connectivity index (χ0v) is 6.92. The molecule has 0 heterocycles. The van der Waals surface area contributed by atoms with Gasteiger partial charge in [0.05, 0.1) is 6.10 Å². The summed E-state index contributed by atoms with van der Waals surface area (Å²) in [6, 6.07) is 0. The number of aliphatic hydroxyl groups is 1. The van der Waals surface area contributed by atoms with E-state index >= 15 is 0 Å². The molecule has 0 aromatic carbocycles. The summed E-state index contributed by atoms with van der Waals surface area (Å²) >= 11 is 0. The Bertz CT molecular complexity index is 112. The maximum absolute atomic E-state index is 10.1. The number of carbonyl (C=O) groups is 1. The topological polar surface area (TPSA) is 57.5 Å². The van der Waals surface area contributed by atoms with Gasteiger partial charge in [-0.05, 0) is 19.3 Å². The van der Waals surface area contributed by atoms with Gasteiger partial charge in [0.1, 0.15) is 0 Å². The molecule has 0 spiro atoms. The van der Waals surface area contributed by atoms with Crippen molar-refractivity contribution in [1.29, 1.82) is 0 Å². The molecule has 0 aliphatic rings. The first-order valence-corrected chi connectivity index (χ1v) is 4.06. The van der Waals surface area contributed by atoms with Crippen LogP contribution in [-0.4, -0.2) is 22.3 Å². The average Bonchev–Trinajstić information content (AvgIpc) is 1.87. The highest BCUT2D eigenvalue weighted by molar-refractivity contribution is 5.66. The maximum atomic E-state index is 10.1. The van der Waals surface area contributed by atoms with Crippen molar-refractivity contribution in [3.05, 3.63) is 0 Å². The van der Waals surface area contributed by atoms with E-state index in [1.165, 1.54) is 0 Å². The van der Waals surface area contributed by atoms with Gasteiger partial charge in [0.2, 0.25) is 0 Å². The van der Waals surface area contributed by atoms with Crippen molar-refractivity contribution in [2.45, 2.75) is 45.1 Å². The molecule has 2 N–H and O–H groups in total. The fourth-order valence-electron chi connectivity index (χ4n) is 0.966. The van der Waals surface area contributed by atoms with Gasteiger partial charge in [0.15, 0.2) is 0 Å². The molecule has 0 saturated carbocycles. The van der Waals surface area contributed by atoms with E-state index in [0.717, 1.165) is 12.8 Å². The maximum Gasteiger partial charge on any atom is 0.303 e. The highest BCUT2D eigenvalue weighted by atomic mass is 16.4. The van der Waals surface area contributed by atoms with E-state index in [4.69, 9.17) is 10.2 Å². The smallest absolute Gasteiger partial charge is 0.303 e. The molecule has 0 amide bonds. The number of aliphatic carboxylic acids is 1. The molecule has 11 heavy (non-hydrogen) atoms. The third-order valence-electron chi connectivity index (χ3n) is 1.55. The lowest BCUT2D eigenvalue weighted by Crippen LogP contribution is -2.06. The summed E-state index contributed by atoms with van der Waals surface area (Å²) in [6.45, 7) is 2.00. The summed E-state index contributed by atoms with van der Waals surface area (Å²) in [5.74, 6) is -0.784. The predicted octanol–water partition coefficient (Wildman–Crippen LogP) is 1.40. The quantitative estimate of drug-likeness (QED) is 0.617. The van der Waals surface area contributed by atoms with Gasteiger partial charge in [0, 0.05) is 6.42 Å². The first-order valence-electron chi connectivity index (χ1n) is 4.06. The molecule has 0 saturated heterocycles. The second-order valence-corrected chi connectivity index (χ2v) is 2.73. The Morgan fingerprint density at radius 1 is 1.45 bits per heavy atom. The van der Waals surface area contributed by atoms with Crippen LogP contribution in [-0.2, 0) is 4.79 Å². The average molecular weight is 160 g/mol. The first-order chi connectivity index (χ1) is 5.16. The van der Waals surface area contributed by atoms with Crippen molar-refractivity contribution in [3.63, 3.8) is 0 Å². The van der Waals surface area contributed by atoms with E-state index in [2.05, 4.69) is 0 Å². The Kier molecular flexibility index (Phi) is 5.84. The van der Waals surface area contributed by atoms with Crippen LogP contribution >= 0.6 is 0 Å². The van der Waals surface area contributed by atoms with Crippen molar-refractivity contribution in [2.24, 2.45) is 0 Å². The highest BCUT2D eigenvalue weighted by Gasteiger charge is 2.03. The third-order valence-corrected chi connectivity index (χ3v) is 1.55. The summed E-state index contributed by atoms with van der Waals surface area (Å²) in [7, 11) is 0. The molecule has 0 rings (SSSR count). The van der Waals surface area contributed by atoms with Gasteiger partial charge in [-0.3, -0.25) is 4.79 Å². The van der Waals surface area contributed by atoms with E-state index in [1.54, 1.807) is 0 Å². The molecule has 1 atom stereocenters. The SMILES string of the molecule is CCC[C@@H](O)CCCC(=O)O. The molecule has 0 aromatic heterocycles. The molecule has 0 aliphatic heterocycles. The summed E-state index contributed by atoms with van der Waals surface area (Å²) < 4.78 is 0. The van der Waals surface area contributed by atoms with Crippen LogP contribution in [0.25, 0.3) is 0 Å². The number of carboxylic acid groups (broad SMARTS) is 1. The van der Waals surface area contributed by atoms with Crippen LogP contribution in [0.15, 0.2) is 0 Å². The molecule has 3 nitrogen and oxygen atoms in total. The summed E-state index contributed by atoms with van der Waals surface area (Å²) in [5, 5.41) is 17.4. The van der Waals surface area contributed by atoms with Crippen LogP contribution in [0.3, 0.4) is 0 Å². The largest absolute Gasteiger partial charge is 0.481 e. The van der Waals surface area contributed by atoms with E-state index in [9.17, 15) is 4.79 Å². The van der Waals surface area contributed by atoms with E-state index < -0.39 is 5.97 Å². The minimum absolute atomic E-state index is 0.167. The molecule has 0 aromatic rings. The number of carboxylic acids is 1. The Morgan fingerprint density at radius 3 is 2.55 bits per heavy atom. The van der Waals surface area contributed by atoms with Crippen LogP contribution in [0.1, 0.15) is 39.0 Å². The number of hydrogen-bond acceptors (Lipinski definition) is 2. The van der Waals surface area contributed by atoms with Crippen molar-refractivity contribution >= 4 is 5.97 Å². The fourth-order valence-corrected chi connectivity index (χ4v) is 0.966. The normalized spacial score (nSPS) is 12.9. The molecule has 3 heteroatoms. The summed E-state index contributed by atoms with van der Waals surface area (Å²) in [4.78, 5) is 10.1. The second-order valence-electron chi connectivity index (χ2n) is 2.73. The van der Waals surface area contributed by atoms with Gasteiger partial charge >= 0.3 is 5.97 Å². The fraction of sp³-hybridized carbons (Fsp3) is 0.875. The predicted molar refractivity (Wildman–Crippen MR) is 42.4 cm³/mol. The third kappa shape index (κ3) is 7.33. The zero-order valence-electron chi connectivity index (χ0n) is 6.92. The molecule has 0 fully saturated rings. The van der Waals surface area contributed by atoms with Crippen LogP contribution < -0.4 is 0 Å². The lowest BCUT2D eigenvalue weighted by molar-refractivity contribution is -0.137. The Morgan fingerprint density at radius 2 is 2.09 bits per heavy atom. The molecule has 0 radical (unpaired) electrons. The molecule has 66 valence electrons. The van der Waals surface area contributed by atoms with E-state index in [-0.39, 0.29) is 12.5 Å². The molecular formula is C8H16O3. The minimum Gasteiger partial charge on any atom is -0.481 e. The van der Waals surface area contributed by atoms with Crippen molar-refractivity contribution in [2.75, 3.05) is 0 Å². The number of hydrogen-bond donors (Lipinski definition) is 2. The van der Waals surface area contributed by atoms with Crippen LogP contribution in [0.4, 0.5) is 0 Å². The summed E-state index contributed by atoms with van der Waals surface area (Å²) in [5.41, 5.74) is 0. The highest BCUT2D eigenvalue weighted by Crippen LogP contribution is 2.05. The van der Waals surface area contributed by atoms with Crippen LogP contribution in [0, 0.1) is 0 Å². The first kappa shape index (κ1) is 10.4. The number of aliphatic hydroxyl groups excluding tert-OH is 1. The van der Waals surface area contributed by atoms with Crippen molar-refractivity contribution < 1.29 is 15.0 Å².